The number of hydrogen-bond donors (Lipinski definition) is 4. The average Bonchev–Trinajstić information content (AvgIpc) is 2.86. The van der Waals surface area contributed by atoms with Crippen LogP contribution in [-0.2, 0) is 4.74 Å². The van der Waals surface area contributed by atoms with E-state index in [9.17, 15) is 25.4 Å². The van der Waals surface area contributed by atoms with Crippen LogP contribution >= 0.6 is 23.4 Å². The van der Waals surface area contributed by atoms with Gasteiger partial charge in [0.05, 0.1) is 23.4 Å². The minimum absolute atomic E-state index is 0.110. The van der Waals surface area contributed by atoms with Gasteiger partial charge in [-0.2, -0.15) is 5.26 Å². The average molecular weight is 526 g/mol. The third-order valence-electron chi connectivity index (χ3n) is 5.81. The van der Waals surface area contributed by atoms with E-state index in [0.29, 0.717) is 27.5 Å². The van der Waals surface area contributed by atoms with Gasteiger partial charge < -0.3 is 25.4 Å². The van der Waals surface area contributed by atoms with Crippen molar-refractivity contribution in [2.24, 2.45) is 0 Å². The Labute approximate surface area is 217 Å². The number of benzene rings is 2. The van der Waals surface area contributed by atoms with Crippen LogP contribution in [0, 0.1) is 25.2 Å². The van der Waals surface area contributed by atoms with Gasteiger partial charge in [0.2, 0.25) is 0 Å². The summed E-state index contributed by atoms with van der Waals surface area (Å²) in [5.74, 6) is -0.436. The number of aromatic nitrogens is 1. The van der Waals surface area contributed by atoms with Crippen molar-refractivity contribution in [1.29, 1.82) is 5.26 Å². The van der Waals surface area contributed by atoms with Gasteiger partial charge >= 0.3 is 0 Å². The number of nitrogens with one attached hydrogen (secondary N) is 1. The van der Waals surface area contributed by atoms with Gasteiger partial charge in [-0.15, -0.1) is 0 Å². The highest BCUT2D eigenvalue weighted by molar-refractivity contribution is 7.99. The molecule has 1 saturated heterocycles. The Hall–Kier alpha value is -2.97. The molecular formula is C26H24ClN3O5S. The summed E-state index contributed by atoms with van der Waals surface area (Å²) in [6.07, 6.45) is -4.03. The van der Waals surface area contributed by atoms with Gasteiger partial charge in [0.25, 0.3) is 5.91 Å². The van der Waals surface area contributed by atoms with Crippen LogP contribution in [0.4, 0.5) is 5.69 Å². The number of thioether (sulfide) groups is 1. The molecule has 10 heteroatoms. The second kappa shape index (κ2) is 11.0. The van der Waals surface area contributed by atoms with E-state index in [1.807, 2.05) is 19.1 Å². The minimum atomic E-state index is -1.41. The number of hydrogen-bond acceptors (Lipinski definition) is 8. The molecule has 4 rings (SSSR count). The number of aryl methyl sites for hydroxylation is 2. The summed E-state index contributed by atoms with van der Waals surface area (Å²) in [7, 11) is 0. The molecule has 3 aromatic rings. The lowest BCUT2D eigenvalue weighted by molar-refractivity contribution is -0.161. The number of ether oxygens (including phenoxy) is 1. The van der Waals surface area contributed by atoms with Crippen molar-refractivity contribution in [3.63, 3.8) is 0 Å². The summed E-state index contributed by atoms with van der Waals surface area (Å²) in [4.78, 5) is 18.0. The predicted molar refractivity (Wildman–Crippen MR) is 137 cm³/mol. The maximum absolute atomic E-state index is 13.5. The van der Waals surface area contributed by atoms with Crippen LogP contribution in [0.5, 0.6) is 0 Å². The highest BCUT2D eigenvalue weighted by Gasteiger charge is 2.39. The number of carbonyl (C=O) groups is 1. The second-order valence-electron chi connectivity index (χ2n) is 8.43. The van der Waals surface area contributed by atoms with Crippen molar-refractivity contribution in [3.8, 4) is 17.2 Å². The number of nitrogens with zero attached hydrogens (tertiary/aromatic N) is 2. The van der Waals surface area contributed by atoms with Gasteiger partial charge in [0, 0.05) is 16.3 Å². The smallest absolute Gasteiger partial charge is 0.258 e. The zero-order chi connectivity index (χ0) is 26.0. The molecule has 4 atom stereocenters. The molecule has 1 aromatic heterocycles. The van der Waals surface area contributed by atoms with E-state index in [1.54, 1.807) is 43.3 Å². The third kappa shape index (κ3) is 5.39. The minimum Gasteiger partial charge on any atom is -0.388 e. The molecule has 0 bridgehead atoms. The van der Waals surface area contributed by atoms with Crippen LogP contribution < -0.4 is 5.32 Å². The Morgan fingerprint density at radius 3 is 2.42 bits per heavy atom. The summed E-state index contributed by atoms with van der Waals surface area (Å²) in [6.45, 7) is 3.42. The van der Waals surface area contributed by atoms with E-state index in [4.69, 9.17) is 16.3 Å². The third-order valence-corrected chi connectivity index (χ3v) is 7.23. The number of nitriles is 1. The largest absolute Gasteiger partial charge is 0.388 e. The summed E-state index contributed by atoms with van der Waals surface area (Å²) in [5, 5.41) is 44.0. The van der Waals surface area contributed by atoms with E-state index in [0.717, 1.165) is 17.3 Å². The van der Waals surface area contributed by atoms with E-state index in [1.165, 1.54) is 0 Å². The SMILES string of the molecule is Cc1ccc(NC(=O)c2c(C)nc(S[C@@H]3OC[C@@H](O)[C@H](O)[C@H]3O)c(C#N)c2-c2ccc(Cl)cc2)cc1. The monoisotopic (exact) mass is 525 g/mol. The molecule has 0 radical (unpaired) electrons. The quantitative estimate of drug-likeness (QED) is 0.396. The Morgan fingerprint density at radius 2 is 1.78 bits per heavy atom. The van der Waals surface area contributed by atoms with Crippen LogP contribution in [0.1, 0.15) is 27.2 Å². The molecule has 2 heterocycles. The normalized spacial score (nSPS) is 21.6. The molecule has 1 fully saturated rings. The summed E-state index contributed by atoms with van der Waals surface area (Å²) in [5.41, 5.74) is 2.29. The van der Waals surface area contributed by atoms with Crippen LogP contribution in [0.3, 0.4) is 0 Å². The number of pyridine rings is 1. The molecule has 2 aromatic carbocycles. The lowest BCUT2D eigenvalue weighted by Gasteiger charge is -2.34. The molecule has 4 N–H and O–H groups in total. The van der Waals surface area contributed by atoms with Gasteiger partial charge in [-0.1, -0.05) is 53.2 Å². The zero-order valence-corrected chi connectivity index (χ0v) is 21.0. The summed E-state index contributed by atoms with van der Waals surface area (Å²) >= 11 is 7.03. The first-order chi connectivity index (χ1) is 17.2. The number of halogens is 1. The molecule has 0 saturated carbocycles. The van der Waals surface area contributed by atoms with Crippen molar-refractivity contribution in [2.75, 3.05) is 11.9 Å². The molecule has 1 aliphatic heterocycles. The number of carbonyl (C=O) groups excluding carboxylic acids is 1. The van der Waals surface area contributed by atoms with Crippen LogP contribution in [0.15, 0.2) is 53.6 Å². The van der Waals surface area contributed by atoms with E-state index in [-0.39, 0.29) is 22.8 Å². The van der Waals surface area contributed by atoms with Crippen LogP contribution in [0.25, 0.3) is 11.1 Å². The number of aliphatic hydroxyl groups excluding tert-OH is 3. The molecule has 1 amide bonds. The molecule has 0 unspecified atom stereocenters. The van der Waals surface area contributed by atoms with Gasteiger partial charge in [-0.25, -0.2) is 4.98 Å². The molecule has 36 heavy (non-hydrogen) atoms. The Morgan fingerprint density at radius 1 is 1.11 bits per heavy atom. The molecular weight excluding hydrogens is 502 g/mol. The first-order valence-corrected chi connectivity index (χ1v) is 12.4. The fourth-order valence-corrected chi connectivity index (χ4v) is 5.12. The molecule has 186 valence electrons. The van der Waals surface area contributed by atoms with Crippen LogP contribution in [0.2, 0.25) is 5.02 Å². The predicted octanol–water partition coefficient (Wildman–Crippen LogP) is 3.67. The van der Waals surface area contributed by atoms with E-state index < -0.39 is 29.7 Å². The Bertz CT molecular complexity index is 1310. The first kappa shape index (κ1) is 26.1. The van der Waals surface area contributed by atoms with Gasteiger partial charge in [-0.3, -0.25) is 4.79 Å². The van der Waals surface area contributed by atoms with E-state index in [2.05, 4.69) is 16.4 Å². The van der Waals surface area contributed by atoms with Crippen molar-refractivity contribution in [2.45, 2.75) is 42.6 Å². The van der Waals surface area contributed by atoms with Crippen molar-refractivity contribution >= 4 is 35.0 Å². The molecule has 8 nitrogen and oxygen atoms in total. The molecule has 0 spiro atoms. The first-order valence-electron chi connectivity index (χ1n) is 11.1. The summed E-state index contributed by atoms with van der Waals surface area (Å²) in [6, 6.07) is 16.2. The zero-order valence-electron chi connectivity index (χ0n) is 19.5. The lowest BCUT2D eigenvalue weighted by Crippen LogP contribution is -2.51. The van der Waals surface area contributed by atoms with Gasteiger partial charge in [0.1, 0.15) is 34.8 Å². The molecule has 0 aliphatic carbocycles. The number of anilines is 1. The fourth-order valence-electron chi connectivity index (χ4n) is 3.87. The van der Waals surface area contributed by atoms with Gasteiger partial charge in [-0.05, 0) is 43.7 Å². The Kier molecular flexibility index (Phi) is 7.95. The molecule has 1 aliphatic rings. The van der Waals surface area contributed by atoms with Crippen molar-refractivity contribution in [1.82, 2.24) is 4.98 Å². The second-order valence-corrected chi connectivity index (χ2v) is 9.96. The van der Waals surface area contributed by atoms with Crippen molar-refractivity contribution in [3.05, 3.63) is 75.9 Å². The number of aliphatic hydroxyl groups is 3. The Balaban J connectivity index is 1.81. The maximum Gasteiger partial charge on any atom is 0.258 e. The highest BCUT2D eigenvalue weighted by atomic mass is 35.5. The van der Waals surface area contributed by atoms with Crippen LogP contribution in [-0.4, -0.2) is 56.6 Å². The number of rotatable bonds is 5. The highest BCUT2D eigenvalue weighted by Crippen LogP contribution is 2.39. The lowest BCUT2D eigenvalue weighted by atomic mass is 9.94. The van der Waals surface area contributed by atoms with E-state index >= 15 is 0 Å². The fraction of sp³-hybridized carbons (Fsp3) is 0.269. The topological polar surface area (TPSA) is 136 Å². The van der Waals surface area contributed by atoms with Gasteiger partial charge in [0.15, 0.2) is 0 Å². The standard InChI is InChI=1S/C26H24ClN3O5S/c1-13-3-9-17(10-4-13)30-24(34)20-14(2)29-25(36-26-23(33)22(32)19(31)12-35-26)18(11-28)21(20)15-5-7-16(27)8-6-15/h3-10,19,22-23,26,31-33H,12H2,1-2H3,(H,30,34)/t19-,22+,23-,26+/m1/s1. The maximum atomic E-state index is 13.5. The number of amides is 1. The van der Waals surface area contributed by atoms with Crippen molar-refractivity contribution < 1.29 is 24.9 Å². The summed E-state index contributed by atoms with van der Waals surface area (Å²) < 4.78 is 5.50.